The Balaban J connectivity index is 0.000000149. The molecule has 506 valence electrons. The quantitative estimate of drug-likeness (QED) is 0.0174. The lowest BCUT2D eigenvalue weighted by atomic mass is 9.71. The Hall–Kier alpha value is -7.46. The van der Waals surface area contributed by atoms with Crippen molar-refractivity contribution in [1.82, 2.24) is 9.55 Å². The Morgan fingerprint density at radius 3 is 1.88 bits per heavy atom. The molecule has 16 heteroatoms. The summed E-state index contributed by atoms with van der Waals surface area (Å²) < 4.78 is 24.1. The highest BCUT2D eigenvalue weighted by Gasteiger charge is 2.67. The van der Waals surface area contributed by atoms with Gasteiger partial charge in [-0.15, -0.1) is 0 Å². The number of oxime groups is 1. The normalized spacial score (nSPS) is 26.5. The molecule has 1 aromatic heterocycles. The Bertz CT molecular complexity index is 3440. The third kappa shape index (κ3) is 15.8. The maximum Gasteiger partial charge on any atom is 0.332 e. The molecule has 2 N–H and O–H groups in total. The first-order valence-electron chi connectivity index (χ1n) is 34.9. The van der Waals surface area contributed by atoms with Gasteiger partial charge in [-0.25, -0.2) is 9.78 Å². The van der Waals surface area contributed by atoms with Crippen LogP contribution in [0.15, 0.2) is 115 Å². The second kappa shape index (κ2) is 31.9. The van der Waals surface area contributed by atoms with Crippen LogP contribution in [-0.2, 0) is 48.4 Å². The predicted molar refractivity (Wildman–Crippen MR) is 361 cm³/mol. The van der Waals surface area contributed by atoms with Crippen molar-refractivity contribution in [3.63, 3.8) is 0 Å². The summed E-state index contributed by atoms with van der Waals surface area (Å²) >= 11 is 0. The van der Waals surface area contributed by atoms with E-state index in [9.17, 15) is 28.8 Å². The van der Waals surface area contributed by atoms with Crippen LogP contribution in [0.2, 0.25) is 0 Å². The number of methoxy groups -OCH3 is 1. The van der Waals surface area contributed by atoms with Crippen LogP contribution in [0, 0.1) is 72.0 Å². The number of imidazole rings is 1. The Kier molecular flexibility index (Phi) is 24.0. The molecule has 16 nitrogen and oxygen atoms in total. The predicted octanol–water partition coefficient (Wildman–Crippen LogP) is 15.9. The molecule has 1 saturated heterocycles. The molecule has 16 atom stereocenters. The van der Waals surface area contributed by atoms with Crippen molar-refractivity contribution < 1.29 is 62.8 Å². The van der Waals surface area contributed by atoms with E-state index in [2.05, 4.69) is 61.2 Å². The largest absolute Gasteiger partial charge is 0.497 e. The summed E-state index contributed by atoms with van der Waals surface area (Å²) in [4.78, 5) is 78.9. The molecule has 6 saturated carbocycles. The number of rotatable bonds is 21. The number of benzene rings is 4. The first-order valence-corrected chi connectivity index (χ1v) is 34.9. The van der Waals surface area contributed by atoms with E-state index in [0.717, 1.165) is 104 Å². The van der Waals surface area contributed by atoms with Crippen LogP contribution in [0.5, 0.6) is 5.75 Å². The van der Waals surface area contributed by atoms with E-state index in [1.54, 1.807) is 37.3 Å². The van der Waals surface area contributed by atoms with E-state index in [1.807, 2.05) is 95.3 Å². The van der Waals surface area contributed by atoms with Gasteiger partial charge in [0.2, 0.25) is 5.78 Å². The Labute approximate surface area is 556 Å². The maximum atomic E-state index is 13.8. The molecule has 4 bridgehead atoms. The fraction of sp³-hybridized carbons (Fsp3) is 0.564. The van der Waals surface area contributed by atoms with Crippen LogP contribution < -0.4 is 4.74 Å². The zero-order chi connectivity index (χ0) is 67.5. The molecule has 13 rings (SSSR count). The summed E-state index contributed by atoms with van der Waals surface area (Å²) in [6.07, 6.45) is 23.6. The lowest BCUT2D eigenvalue weighted by Gasteiger charge is -2.32. The van der Waals surface area contributed by atoms with Gasteiger partial charge in [-0.05, 0) is 177 Å². The lowest BCUT2D eigenvalue weighted by molar-refractivity contribution is -0.158. The number of hydrogen-bond acceptors (Lipinski definition) is 13. The van der Waals surface area contributed by atoms with E-state index in [0.29, 0.717) is 41.1 Å². The molecule has 4 aromatic carbocycles. The minimum atomic E-state index is -0.843. The highest BCUT2D eigenvalue weighted by Crippen LogP contribution is 2.65. The number of esters is 2. The summed E-state index contributed by atoms with van der Waals surface area (Å²) in [5.41, 5.74) is 8.06. The second-order valence-electron chi connectivity index (χ2n) is 27.8. The van der Waals surface area contributed by atoms with E-state index < -0.39 is 17.9 Å². The summed E-state index contributed by atoms with van der Waals surface area (Å²) in [5.74, 6) is 4.86. The standard InChI is InChI=1S/C30H31NO3.C15H22O3.C15H24O2.C13H14N2O3.C5H10O2/c1-5-17-30(18-6-2)26-14-10-9-13-24(26)25-16-15-22(19-27(25)30)29(33)28(31-34-21(4)32)23-12-8-7-11-20(23)3;1-3-7(2)15(16)18-11-5-8-4-10(11)13-9(8)6-12-14(13)17-12;1-3-9(2)15(16)17-14-8-10-7-13(14)12-6-4-5-11(10)12;1-18-11-4-2-10(3-5-11)12(8-13(16)17)15-7-6-14-9-15;1-3-4(2)5(6)7/h7-16,19H,5-6,17-18H2,1-4H3;7-14H,3-6H2,1-2H3;9-14H,3-8H2,1-2H3;2-7,9,12H,8H2,1H3,(H,16,17);4H,3H2,1-2H3,(H,6,7)/b31-28+;;;;. The molecule has 1 aliphatic heterocycles. The lowest BCUT2D eigenvalue weighted by Crippen LogP contribution is -2.35. The van der Waals surface area contributed by atoms with Crippen molar-refractivity contribution in [1.29, 1.82) is 0 Å². The average Bonchev–Trinajstić information content (AvgIpc) is 1.55. The number of fused-ring (bicyclic) bond motifs is 15. The zero-order valence-electron chi connectivity index (χ0n) is 57.2. The summed E-state index contributed by atoms with van der Waals surface area (Å²) in [5, 5.41) is 21.2. The molecule has 2 heterocycles. The number of aliphatic carboxylic acids is 2. The van der Waals surface area contributed by atoms with E-state index in [4.69, 9.17) is 34.0 Å². The van der Waals surface area contributed by atoms with Crippen molar-refractivity contribution in [2.24, 2.45) is 70.3 Å². The monoisotopic (exact) mass is 1290 g/mol. The topological polar surface area (TPSA) is 223 Å². The minimum absolute atomic E-state index is 0.0119. The van der Waals surface area contributed by atoms with Gasteiger partial charge in [-0.1, -0.05) is 153 Å². The highest BCUT2D eigenvalue weighted by atomic mass is 16.7. The number of ether oxygens (including phenoxy) is 4. The van der Waals surface area contributed by atoms with Crippen LogP contribution >= 0.6 is 0 Å². The van der Waals surface area contributed by atoms with E-state index in [1.165, 1.54) is 67.7 Å². The Morgan fingerprint density at radius 2 is 1.30 bits per heavy atom. The fourth-order valence-electron chi connectivity index (χ4n) is 16.8. The van der Waals surface area contributed by atoms with Crippen LogP contribution in [0.4, 0.5) is 0 Å². The van der Waals surface area contributed by atoms with Crippen molar-refractivity contribution >= 4 is 41.3 Å². The molecule has 0 amide bonds. The third-order valence-corrected chi connectivity index (χ3v) is 22.2. The maximum absolute atomic E-state index is 13.8. The number of hydrogen-bond donors (Lipinski definition) is 2. The number of aryl methyl sites for hydroxylation is 1. The first kappa shape index (κ1) is 70.8. The number of carbonyl (C=O) groups excluding carboxylic acids is 4. The molecular weight excluding hydrogens is 1190 g/mol. The van der Waals surface area contributed by atoms with E-state index in [-0.39, 0.29) is 71.3 Å². The summed E-state index contributed by atoms with van der Waals surface area (Å²) in [7, 11) is 1.60. The average molecular weight is 1290 g/mol. The van der Waals surface area contributed by atoms with Crippen LogP contribution in [0.25, 0.3) is 11.1 Å². The van der Waals surface area contributed by atoms with Gasteiger partial charge in [-0.3, -0.25) is 24.0 Å². The SMILES string of the molecule is CCC(C)C(=O)O.CCC(C)C(=O)OC1CC2CC1C1C2CC2OC21.CCC(C)C(=O)OC1CC2CC1C1CCCC21.CCCC1(CCC)c2ccccc2-c2ccc(C(=O)/C(=N/OC(C)=O)c3ccccc3C)cc21.COc1ccc(C(CC(=O)O)n2ccnc2)cc1. The smallest absolute Gasteiger partial charge is 0.332 e. The van der Waals surface area contributed by atoms with Gasteiger partial charge in [0, 0.05) is 41.8 Å². The van der Waals surface area contributed by atoms with Crippen LogP contribution in [-0.4, -0.2) is 92.6 Å². The van der Waals surface area contributed by atoms with Gasteiger partial charge < -0.3 is 38.6 Å². The molecule has 7 fully saturated rings. The summed E-state index contributed by atoms with van der Waals surface area (Å²) in [6, 6.07) is 29.2. The molecule has 0 radical (unpaired) electrons. The fourth-order valence-corrected chi connectivity index (χ4v) is 16.8. The number of carboxylic acid groups (broad SMARTS) is 2. The molecule has 8 aliphatic rings. The molecular formula is C78H101N3O13. The number of carbonyl (C=O) groups is 6. The van der Waals surface area contributed by atoms with Gasteiger partial charge in [0.05, 0.1) is 55.9 Å². The summed E-state index contributed by atoms with van der Waals surface area (Å²) in [6.45, 7) is 19.2. The molecule has 94 heavy (non-hydrogen) atoms. The molecule has 0 spiro atoms. The van der Waals surface area contributed by atoms with Gasteiger partial charge in [0.1, 0.15) is 18.0 Å². The number of epoxide rings is 1. The molecule has 7 aliphatic carbocycles. The van der Waals surface area contributed by atoms with Crippen molar-refractivity contribution in [3.8, 4) is 16.9 Å². The minimum Gasteiger partial charge on any atom is -0.497 e. The van der Waals surface area contributed by atoms with Crippen LogP contribution in [0.3, 0.4) is 0 Å². The van der Waals surface area contributed by atoms with Crippen molar-refractivity contribution in [2.75, 3.05) is 7.11 Å². The molecule has 16 unspecified atom stereocenters. The first-order chi connectivity index (χ1) is 45.2. The van der Waals surface area contributed by atoms with Crippen LogP contribution in [0.1, 0.15) is 209 Å². The van der Waals surface area contributed by atoms with Gasteiger partial charge >= 0.3 is 29.8 Å². The zero-order valence-corrected chi connectivity index (χ0v) is 57.2. The third-order valence-electron chi connectivity index (χ3n) is 22.2. The number of carboxylic acids is 2. The second-order valence-corrected chi connectivity index (χ2v) is 27.8. The Morgan fingerprint density at radius 1 is 0.691 bits per heavy atom. The van der Waals surface area contributed by atoms with Crippen molar-refractivity contribution in [3.05, 3.63) is 143 Å². The van der Waals surface area contributed by atoms with Crippen molar-refractivity contribution in [2.45, 2.75) is 208 Å². The number of ketones is 1. The number of nitrogens with zero attached hydrogens (tertiary/aromatic N) is 3. The number of Topliss-reactive ketones (excluding diaryl/α,β-unsaturated/α-hetero) is 1. The van der Waals surface area contributed by atoms with E-state index >= 15 is 0 Å². The number of aromatic nitrogens is 2. The molecule has 5 aromatic rings. The van der Waals surface area contributed by atoms with Gasteiger partial charge in [0.25, 0.3) is 0 Å². The van der Waals surface area contributed by atoms with Gasteiger partial charge in [0.15, 0.2) is 5.71 Å². The highest BCUT2D eigenvalue weighted by molar-refractivity contribution is 6.51. The van der Waals surface area contributed by atoms with Gasteiger partial charge in [-0.2, -0.15) is 0 Å².